The van der Waals surface area contributed by atoms with Crippen molar-refractivity contribution < 1.29 is 20.6 Å². The summed E-state index contributed by atoms with van der Waals surface area (Å²) < 4.78 is 0. The third-order valence-corrected chi connectivity index (χ3v) is 2.21. The largest absolute Gasteiger partial charge is 0.504 e. The van der Waals surface area contributed by atoms with Crippen LogP contribution in [0.4, 0.5) is 0 Å². The highest BCUT2D eigenvalue weighted by molar-refractivity contribution is 5.41. The van der Waals surface area contributed by atoms with Gasteiger partial charge in [-0.05, 0) is 31.5 Å². The molecule has 1 rings (SSSR count). The van der Waals surface area contributed by atoms with Gasteiger partial charge in [-0.3, -0.25) is 0 Å². The summed E-state index contributed by atoms with van der Waals surface area (Å²) in [5.74, 6) is -0.366. The van der Waals surface area contributed by atoms with Crippen LogP contribution in [0.3, 0.4) is 0 Å². The molecule has 0 heterocycles. The Balaban J connectivity index is 2.65. The van der Waals surface area contributed by atoms with E-state index in [1.165, 1.54) is 12.1 Å². The molecular weight excluding hydrogens is 194 g/mol. The van der Waals surface area contributed by atoms with Gasteiger partial charge in [0.15, 0.2) is 11.5 Å². The van der Waals surface area contributed by atoms with Crippen molar-refractivity contribution >= 4 is 0 Å². The minimum atomic E-state index is -0.626. The number of nitrogens with two attached hydrogens (primary N) is 1. The predicted molar refractivity (Wildman–Crippen MR) is 56.7 cm³/mol. The zero-order valence-corrected chi connectivity index (χ0v) is 9.01. The number of phenolic OH excluding ortho intramolecular Hbond substituents is 2. The van der Waals surface area contributed by atoms with Crippen molar-refractivity contribution in [3.63, 3.8) is 0 Å². The van der Waals surface area contributed by atoms with Gasteiger partial charge in [0.2, 0.25) is 0 Å². The number of aliphatic hydroxyl groups is 1. The molecule has 15 heavy (non-hydrogen) atoms. The molecule has 1 atom stereocenters. The lowest BCUT2D eigenvalue weighted by Gasteiger charge is -2.12. The first-order valence-electron chi connectivity index (χ1n) is 5.04. The standard InChI is InChI=1S/C11H17NO3/c1-7(2)12-6-11(15)8-3-4-9(13)10(14)5-8/h3-5,7,11-15H,6H2,1-2H3/p+1/t11-/m0/s1. The third kappa shape index (κ3) is 3.42. The number of aromatic hydroxyl groups is 2. The van der Waals surface area contributed by atoms with Crippen LogP contribution in [0, 0.1) is 0 Å². The van der Waals surface area contributed by atoms with E-state index >= 15 is 0 Å². The van der Waals surface area contributed by atoms with Gasteiger partial charge in [-0.25, -0.2) is 0 Å². The fraction of sp³-hybridized carbons (Fsp3) is 0.455. The highest BCUT2D eigenvalue weighted by Crippen LogP contribution is 2.27. The first-order chi connectivity index (χ1) is 7.00. The van der Waals surface area contributed by atoms with Crippen molar-refractivity contribution in [2.24, 2.45) is 0 Å². The van der Waals surface area contributed by atoms with E-state index in [1.54, 1.807) is 6.07 Å². The molecule has 4 nitrogen and oxygen atoms in total. The van der Waals surface area contributed by atoms with Gasteiger partial charge in [0.1, 0.15) is 12.6 Å². The van der Waals surface area contributed by atoms with E-state index < -0.39 is 6.10 Å². The second kappa shape index (κ2) is 5.00. The number of phenols is 2. The molecule has 0 unspecified atom stereocenters. The van der Waals surface area contributed by atoms with Crippen LogP contribution in [0.15, 0.2) is 18.2 Å². The number of aliphatic hydroxyl groups excluding tert-OH is 1. The quantitative estimate of drug-likeness (QED) is 0.535. The molecular formula is C11H18NO3+. The van der Waals surface area contributed by atoms with Gasteiger partial charge in [0, 0.05) is 0 Å². The van der Waals surface area contributed by atoms with Crippen molar-refractivity contribution in [1.82, 2.24) is 0 Å². The van der Waals surface area contributed by atoms with Gasteiger partial charge in [-0.2, -0.15) is 0 Å². The molecule has 1 aromatic carbocycles. The maximum absolute atomic E-state index is 9.76. The predicted octanol–water partition coefficient (Wildman–Crippen LogP) is 0.103. The van der Waals surface area contributed by atoms with Gasteiger partial charge < -0.3 is 20.6 Å². The van der Waals surface area contributed by atoms with Gasteiger partial charge in [0.25, 0.3) is 0 Å². The molecule has 0 aliphatic carbocycles. The van der Waals surface area contributed by atoms with Crippen LogP contribution >= 0.6 is 0 Å². The summed E-state index contributed by atoms with van der Waals surface area (Å²) in [6, 6.07) is 4.79. The molecule has 0 aliphatic heterocycles. The molecule has 0 bridgehead atoms. The van der Waals surface area contributed by atoms with E-state index in [0.717, 1.165) is 0 Å². The maximum Gasteiger partial charge on any atom is 0.157 e. The summed E-state index contributed by atoms with van der Waals surface area (Å²) in [6.07, 6.45) is -0.626. The topological polar surface area (TPSA) is 77.3 Å². The van der Waals surface area contributed by atoms with Crippen molar-refractivity contribution in [2.75, 3.05) is 6.54 Å². The van der Waals surface area contributed by atoms with Crippen molar-refractivity contribution in [2.45, 2.75) is 26.0 Å². The highest BCUT2D eigenvalue weighted by Gasteiger charge is 2.12. The average molecular weight is 212 g/mol. The lowest BCUT2D eigenvalue weighted by atomic mass is 10.1. The maximum atomic E-state index is 9.76. The molecule has 0 radical (unpaired) electrons. The van der Waals surface area contributed by atoms with Gasteiger partial charge in [0.05, 0.1) is 6.04 Å². The summed E-state index contributed by atoms with van der Waals surface area (Å²) in [6.45, 7) is 4.63. The summed E-state index contributed by atoms with van der Waals surface area (Å²) in [4.78, 5) is 0. The molecule has 0 spiro atoms. The molecule has 1 aromatic rings. The second-order valence-electron chi connectivity index (χ2n) is 3.98. The molecule has 0 aliphatic rings. The molecule has 0 saturated carbocycles. The molecule has 0 aromatic heterocycles. The normalized spacial score (nSPS) is 13.1. The van der Waals surface area contributed by atoms with Gasteiger partial charge >= 0.3 is 0 Å². The fourth-order valence-electron chi connectivity index (χ4n) is 1.28. The summed E-state index contributed by atoms with van der Waals surface area (Å²) in [7, 11) is 0. The van der Waals surface area contributed by atoms with Crippen molar-refractivity contribution in [3.05, 3.63) is 23.8 Å². The third-order valence-electron chi connectivity index (χ3n) is 2.21. The summed E-state index contributed by atoms with van der Waals surface area (Å²) in [5.41, 5.74) is 0.613. The Kier molecular flexibility index (Phi) is 3.94. The van der Waals surface area contributed by atoms with E-state index in [-0.39, 0.29) is 11.5 Å². The van der Waals surface area contributed by atoms with E-state index in [0.29, 0.717) is 18.2 Å². The highest BCUT2D eigenvalue weighted by atomic mass is 16.3. The van der Waals surface area contributed by atoms with E-state index in [9.17, 15) is 10.2 Å². The Morgan fingerprint density at radius 2 is 1.87 bits per heavy atom. The van der Waals surface area contributed by atoms with Gasteiger partial charge in [-0.1, -0.05) is 6.07 Å². The second-order valence-corrected chi connectivity index (χ2v) is 3.98. The lowest BCUT2D eigenvalue weighted by Crippen LogP contribution is -2.89. The van der Waals surface area contributed by atoms with Crippen molar-refractivity contribution in [1.29, 1.82) is 0 Å². The van der Waals surface area contributed by atoms with Crippen LogP contribution in [0.2, 0.25) is 0 Å². The Bertz CT molecular complexity index is 326. The van der Waals surface area contributed by atoms with E-state index in [4.69, 9.17) is 5.11 Å². The Morgan fingerprint density at radius 3 is 2.40 bits per heavy atom. The summed E-state index contributed by atoms with van der Waals surface area (Å²) >= 11 is 0. The van der Waals surface area contributed by atoms with Crippen LogP contribution in [0.5, 0.6) is 11.5 Å². The van der Waals surface area contributed by atoms with E-state index in [1.807, 2.05) is 19.2 Å². The number of hydrogen-bond donors (Lipinski definition) is 4. The van der Waals surface area contributed by atoms with Crippen LogP contribution in [-0.4, -0.2) is 27.9 Å². The number of benzene rings is 1. The molecule has 5 N–H and O–H groups in total. The van der Waals surface area contributed by atoms with Crippen LogP contribution < -0.4 is 5.32 Å². The van der Waals surface area contributed by atoms with Crippen LogP contribution in [-0.2, 0) is 0 Å². The molecule has 0 saturated heterocycles. The molecule has 0 amide bonds. The SMILES string of the molecule is CC(C)[NH2+]C[C@H](O)c1ccc(O)c(O)c1. The summed E-state index contributed by atoms with van der Waals surface area (Å²) in [5, 5.41) is 30.1. The first-order valence-corrected chi connectivity index (χ1v) is 5.04. The Morgan fingerprint density at radius 1 is 1.20 bits per heavy atom. The fourth-order valence-corrected chi connectivity index (χ4v) is 1.28. The van der Waals surface area contributed by atoms with Gasteiger partial charge in [-0.15, -0.1) is 0 Å². The minimum absolute atomic E-state index is 0.168. The smallest absolute Gasteiger partial charge is 0.157 e. The average Bonchev–Trinajstić information content (AvgIpc) is 2.18. The van der Waals surface area contributed by atoms with E-state index in [2.05, 4.69) is 0 Å². The first kappa shape index (κ1) is 11.8. The Hall–Kier alpha value is -1.26. The zero-order chi connectivity index (χ0) is 11.4. The number of rotatable bonds is 4. The molecule has 4 heteroatoms. The molecule has 84 valence electrons. The lowest BCUT2D eigenvalue weighted by molar-refractivity contribution is -0.689. The number of hydrogen-bond acceptors (Lipinski definition) is 3. The molecule has 0 fully saturated rings. The van der Waals surface area contributed by atoms with Crippen molar-refractivity contribution in [3.8, 4) is 11.5 Å². The number of quaternary nitrogens is 1. The van der Waals surface area contributed by atoms with Crippen LogP contribution in [0.1, 0.15) is 25.5 Å². The minimum Gasteiger partial charge on any atom is -0.504 e. The Labute approximate surface area is 89.2 Å². The zero-order valence-electron chi connectivity index (χ0n) is 9.01. The van der Waals surface area contributed by atoms with Crippen LogP contribution in [0.25, 0.3) is 0 Å². The monoisotopic (exact) mass is 212 g/mol.